The van der Waals surface area contributed by atoms with Gasteiger partial charge in [0.15, 0.2) is 0 Å². The normalized spacial score (nSPS) is 14.7. The van der Waals surface area contributed by atoms with Crippen LogP contribution in [-0.4, -0.2) is 29.6 Å². The third-order valence-electron chi connectivity index (χ3n) is 4.03. The van der Waals surface area contributed by atoms with Gasteiger partial charge in [0.05, 0.1) is 5.75 Å². The minimum Gasteiger partial charge on any atom is -0.325 e. The van der Waals surface area contributed by atoms with Crippen molar-refractivity contribution >= 4 is 23.4 Å². The first kappa shape index (κ1) is 17.0. The minimum absolute atomic E-state index is 0.0587. The van der Waals surface area contributed by atoms with Crippen molar-refractivity contribution in [3.8, 4) is 0 Å². The predicted octanol–water partition coefficient (Wildman–Crippen LogP) is 4.15. The summed E-state index contributed by atoms with van der Waals surface area (Å²) < 4.78 is 12.8. The zero-order valence-electron chi connectivity index (χ0n) is 13.5. The molecule has 3 nitrogen and oxygen atoms in total. The average Bonchev–Trinajstić information content (AvgIpc) is 3.09. The van der Waals surface area contributed by atoms with Crippen LogP contribution in [0.15, 0.2) is 53.4 Å². The van der Waals surface area contributed by atoms with E-state index in [0.29, 0.717) is 5.75 Å². The molecule has 1 N–H and O–H groups in total. The highest BCUT2D eigenvalue weighted by atomic mass is 32.2. The molecule has 1 saturated heterocycles. The second-order valence-corrected chi connectivity index (χ2v) is 7.02. The van der Waals surface area contributed by atoms with Crippen molar-refractivity contribution in [3.63, 3.8) is 0 Å². The Morgan fingerprint density at radius 2 is 1.71 bits per heavy atom. The molecular weight excluding hydrogens is 323 g/mol. The van der Waals surface area contributed by atoms with Crippen LogP contribution in [0.25, 0.3) is 0 Å². The molecule has 0 aromatic heterocycles. The van der Waals surface area contributed by atoms with Crippen LogP contribution < -0.4 is 5.32 Å². The zero-order valence-corrected chi connectivity index (χ0v) is 14.3. The molecule has 0 unspecified atom stereocenters. The van der Waals surface area contributed by atoms with Crippen molar-refractivity contribution in [2.75, 3.05) is 24.2 Å². The number of carbonyl (C=O) groups excluding carboxylic acids is 1. The van der Waals surface area contributed by atoms with Crippen LogP contribution in [-0.2, 0) is 11.3 Å². The van der Waals surface area contributed by atoms with Gasteiger partial charge in [-0.3, -0.25) is 9.69 Å². The Morgan fingerprint density at radius 1 is 1.04 bits per heavy atom. The first-order valence-corrected chi connectivity index (χ1v) is 9.17. The Morgan fingerprint density at radius 3 is 2.38 bits per heavy atom. The summed E-state index contributed by atoms with van der Waals surface area (Å²) in [4.78, 5) is 15.3. The number of carbonyl (C=O) groups is 1. The van der Waals surface area contributed by atoms with Crippen LogP contribution in [0.1, 0.15) is 18.4 Å². The smallest absolute Gasteiger partial charge is 0.234 e. The molecule has 0 saturated carbocycles. The van der Waals surface area contributed by atoms with E-state index in [-0.39, 0.29) is 11.7 Å². The molecule has 0 spiro atoms. The summed E-state index contributed by atoms with van der Waals surface area (Å²) in [5.74, 6) is -0.0179. The number of rotatable bonds is 6. The second-order valence-electron chi connectivity index (χ2n) is 5.97. The maximum Gasteiger partial charge on any atom is 0.234 e. The Hall–Kier alpha value is -1.85. The fraction of sp³-hybridized carbons (Fsp3) is 0.316. The van der Waals surface area contributed by atoms with E-state index in [1.54, 1.807) is 12.1 Å². The van der Waals surface area contributed by atoms with Crippen molar-refractivity contribution in [1.82, 2.24) is 4.90 Å². The number of nitrogens with zero attached hydrogens (tertiary/aromatic N) is 1. The van der Waals surface area contributed by atoms with E-state index in [2.05, 4.69) is 22.3 Å². The molecule has 0 aliphatic carbocycles. The molecule has 3 rings (SSSR count). The lowest BCUT2D eigenvalue weighted by atomic mass is 10.2. The highest BCUT2D eigenvalue weighted by Gasteiger charge is 2.11. The number of hydrogen-bond donors (Lipinski definition) is 1. The van der Waals surface area contributed by atoms with Crippen LogP contribution >= 0.6 is 11.8 Å². The first-order chi connectivity index (χ1) is 11.7. The number of anilines is 1. The van der Waals surface area contributed by atoms with Gasteiger partial charge in [0, 0.05) is 17.1 Å². The lowest BCUT2D eigenvalue weighted by Gasteiger charge is -2.14. The number of thioether (sulfide) groups is 1. The molecule has 1 heterocycles. The first-order valence-electron chi connectivity index (χ1n) is 8.18. The maximum absolute atomic E-state index is 12.8. The second kappa shape index (κ2) is 8.31. The molecule has 0 atom stereocenters. The SMILES string of the molecule is O=C(CSc1ccc(F)cc1)Nc1ccc(CN2CCCC2)cc1. The lowest BCUT2D eigenvalue weighted by Crippen LogP contribution is -2.18. The zero-order chi connectivity index (χ0) is 16.8. The summed E-state index contributed by atoms with van der Waals surface area (Å²) >= 11 is 1.40. The number of nitrogens with one attached hydrogen (secondary N) is 1. The molecule has 0 radical (unpaired) electrons. The van der Waals surface area contributed by atoms with E-state index >= 15 is 0 Å². The Labute approximate surface area is 146 Å². The van der Waals surface area contributed by atoms with Crippen molar-refractivity contribution < 1.29 is 9.18 Å². The predicted molar refractivity (Wildman–Crippen MR) is 96.7 cm³/mol. The summed E-state index contributed by atoms with van der Waals surface area (Å²) in [5, 5.41) is 2.90. The monoisotopic (exact) mass is 344 g/mol. The third kappa shape index (κ3) is 5.08. The molecule has 1 fully saturated rings. The van der Waals surface area contributed by atoms with Crippen molar-refractivity contribution in [1.29, 1.82) is 0 Å². The average molecular weight is 344 g/mol. The number of benzene rings is 2. The highest BCUT2D eigenvalue weighted by Crippen LogP contribution is 2.19. The van der Waals surface area contributed by atoms with Crippen LogP contribution in [0.5, 0.6) is 0 Å². The largest absolute Gasteiger partial charge is 0.325 e. The molecule has 24 heavy (non-hydrogen) atoms. The molecule has 1 amide bonds. The number of amides is 1. The Kier molecular flexibility index (Phi) is 5.88. The quantitative estimate of drug-likeness (QED) is 0.799. The van der Waals surface area contributed by atoms with Gasteiger partial charge < -0.3 is 5.32 Å². The number of likely N-dealkylation sites (tertiary alicyclic amines) is 1. The van der Waals surface area contributed by atoms with E-state index in [4.69, 9.17) is 0 Å². The van der Waals surface area contributed by atoms with Crippen LogP contribution in [0, 0.1) is 5.82 Å². The number of halogens is 1. The van der Waals surface area contributed by atoms with Crippen LogP contribution in [0.2, 0.25) is 0 Å². The number of hydrogen-bond acceptors (Lipinski definition) is 3. The summed E-state index contributed by atoms with van der Waals surface area (Å²) in [6.07, 6.45) is 2.58. The maximum atomic E-state index is 12.8. The molecular formula is C19H21FN2OS. The molecule has 126 valence electrons. The van der Waals surface area contributed by atoms with Crippen LogP contribution in [0.3, 0.4) is 0 Å². The molecule has 2 aromatic rings. The van der Waals surface area contributed by atoms with E-state index in [1.165, 1.54) is 55.4 Å². The standard InChI is InChI=1S/C19H21FN2OS/c20-16-5-9-18(10-6-16)24-14-19(23)21-17-7-3-15(4-8-17)13-22-11-1-2-12-22/h3-10H,1-2,11-14H2,(H,21,23). The van der Waals surface area contributed by atoms with Gasteiger partial charge in [-0.1, -0.05) is 12.1 Å². The summed E-state index contributed by atoms with van der Waals surface area (Å²) in [6, 6.07) is 14.2. The summed E-state index contributed by atoms with van der Waals surface area (Å²) in [6.45, 7) is 3.34. The van der Waals surface area contributed by atoms with Crippen molar-refractivity contribution in [2.24, 2.45) is 0 Å². The van der Waals surface area contributed by atoms with Gasteiger partial charge in [-0.05, 0) is 67.9 Å². The van der Waals surface area contributed by atoms with Gasteiger partial charge >= 0.3 is 0 Å². The van der Waals surface area contributed by atoms with Crippen molar-refractivity contribution in [2.45, 2.75) is 24.3 Å². The van der Waals surface area contributed by atoms with Gasteiger partial charge in [0.25, 0.3) is 0 Å². The topological polar surface area (TPSA) is 32.3 Å². The van der Waals surface area contributed by atoms with E-state index in [9.17, 15) is 9.18 Å². The summed E-state index contributed by atoms with van der Waals surface area (Å²) in [7, 11) is 0. The van der Waals surface area contributed by atoms with Gasteiger partial charge in [-0.15, -0.1) is 11.8 Å². The molecule has 0 bridgehead atoms. The van der Waals surface area contributed by atoms with E-state index in [0.717, 1.165) is 17.1 Å². The van der Waals surface area contributed by atoms with Gasteiger partial charge in [-0.25, -0.2) is 4.39 Å². The Balaban J connectivity index is 1.46. The van der Waals surface area contributed by atoms with Gasteiger partial charge in [0.1, 0.15) is 5.82 Å². The van der Waals surface area contributed by atoms with Crippen molar-refractivity contribution in [3.05, 3.63) is 59.9 Å². The highest BCUT2D eigenvalue weighted by molar-refractivity contribution is 8.00. The lowest BCUT2D eigenvalue weighted by molar-refractivity contribution is -0.113. The third-order valence-corrected chi connectivity index (χ3v) is 5.04. The van der Waals surface area contributed by atoms with Crippen LogP contribution in [0.4, 0.5) is 10.1 Å². The molecule has 2 aromatic carbocycles. The Bertz CT molecular complexity index is 667. The fourth-order valence-electron chi connectivity index (χ4n) is 2.77. The minimum atomic E-state index is -0.266. The van der Waals surface area contributed by atoms with E-state index < -0.39 is 0 Å². The molecule has 1 aliphatic rings. The fourth-order valence-corrected chi connectivity index (χ4v) is 3.47. The van der Waals surface area contributed by atoms with Gasteiger partial charge in [-0.2, -0.15) is 0 Å². The van der Waals surface area contributed by atoms with Gasteiger partial charge in [0.2, 0.25) is 5.91 Å². The van der Waals surface area contributed by atoms with E-state index in [1.807, 2.05) is 12.1 Å². The molecule has 1 aliphatic heterocycles. The summed E-state index contributed by atoms with van der Waals surface area (Å²) in [5.41, 5.74) is 2.08. The molecule has 5 heteroatoms.